The van der Waals surface area contributed by atoms with Crippen molar-refractivity contribution in [2.45, 2.75) is 24.8 Å². The Bertz CT molecular complexity index is 360. The van der Waals surface area contributed by atoms with E-state index >= 15 is 0 Å². The molecule has 0 bridgehead atoms. The quantitative estimate of drug-likeness (QED) is 0.560. The second-order valence-electron chi connectivity index (χ2n) is 3.76. The van der Waals surface area contributed by atoms with Crippen LogP contribution in [0.15, 0.2) is 23.1 Å². The van der Waals surface area contributed by atoms with E-state index in [1.807, 2.05) is 32.0 Å². The van der Waals surface area contributed by atoms with Crippen molar-refractivity contribution in [3.8, 4) is 5.75 Å². The molecule has 4 nitrogen and oxygen atoms in total. The number of ether oxygens (including phenoxy) is 2. The van der Waals surface area contributed by atoms with Crippen LogP contribution in [0.1, 0.15) is 13.8 Å². The van der Waals surface area contributed by atoms with E-state index in [1.54, 1.807) is 0 Å². The van der Waals surface area contributed by atoms with Gasteiger partial charge >= 0.3 is 0 Å². The first-order valence-corrected chi connectivity index (χ1v) is 7.06. The third-order valence-electron chi connectivity index (χ3n) is 2.24. The van der Waals surface area contributed by atoms with Gasteiger partial charge in [0, 0.05) is 22.9 Å². The predicted molar refractivity (Wildman–Crippen MR) is 75.2 cm³/mol. The van der Waals surface area contributed by atoms with Gasteiger partial charge in [-0.3, -0.25) is 0 Å². The minimum absolute atomic E-state index is 0.356. The van der Waals surface area contributed by atoms with Crippen molar-refractivity contribution in [3.63, 3.8) is 0 Å². The summed E-state index contributed by atoms with van der Waals surface area (Å²) in [6.07, 6.45) is -0.481. The fraction of sp³-hybridized carbons (Fsp3) is 0.538. The van der Waals surface area contributed by atoms with E-state index in [-0.39, 0.29) is 0 Å². The number of aliphatic hydroxyl groups excluding tert-OH is 1. The van der Waals surface area contributed by atoms with Gasteiger partial charge in [0.1, 0.15) is 5.75 Å². The second kappa shape index (κ2) is 8.24. The lowest BCUT2D eigenvalue weighted by atomic mass is 10.3. The molecule has 0 spiro atoms. The molecular formula is C13H21NO3S. The molecule has 0 amide bonds. The average Bonchev–Trinajstić information content (AvgIpc) is 2.37. The molecule has 0 aliphatic heterocycles. The largest absolute Gasteiger partial charge is 0.494 e. The van der Waals surface area contributed by atoms with Crippen LogP contribution in [0.25, 0.3) is 0 Å². The fourth-order valence-corrected chi connectivity index (χ4v) is 2.29. The van der Waals surface area contributed by atoms with Gasteiger partial charge in [0.05, 0.1) is 19.3 Å². The standard InChI is InChI=1S/C13H21NO3S/c1-3-16-8-10(15)9-18-13-7-11(17-4-2)5-6-12(13)14/h5-7,10,15H,3-4,8-9,14H2,1-2H3. The van der Waals surface area contributed by atoms with Gasteiger partial charge in [0.15, 0.2) is 0 Å². The molecule has 1 unspecified atom stereocenters. The summed E-state index contributed by atoms with van der Waals surface area (Å²) in [6.45, 7) is 5.44. The first-order valence-electron chi connectivity index (χ1n) is 6.08. The van der Waals surface area contributed by atoms with Gasteiger partial charge < -0.3 is 20.3 Å². The smallest absolute Gasteiger partial charge is 0.120 e. The molecule has 0 aliphatic carbocycles. The Labute approximate surface area is 112 Å². The summed E-state index contributed by atoms with van der Waals surface area (Å²) in [5.41, 5.74) is 6.58. The van der Waals surface area contributed by atoms with Crippen molar-refractivity contribution in [1.82, 2.24) is 0 Å². The van der Waals surface area contributed by atoms with Crippen molar-refractivity contribution in [3.05, 3.63) is 18.2 Å². The summed E-state index contributed by atoms with van der Waals surface area (Å²) in [7, 11) is 0. The molecule has 0 radical (unpaired) electrons. The number of benzene rings is 1. The molecule has 0 heterocycles. The molecular weight excluding hydrogens is 250 g/mol. The first-order chi connectivity index (χ1) is 8.67. The molecule has 5 heteroatoms. The number of nitrogens with two attached hydrogens (primary N) is 1. The zero-order valence-corrected chi connectivity index (χ0v) is 11.7. The maximum atomic E-state index is 9.69. The van der Waals surface area contributed by atoms with Crippen LogP contribution in [0.3, 0.4) is 0 Å². The second-order valence-corrected chi connectivity index (χ2v) is 4.82. The lowest BCUT2D eigenvalue weighted by molar-refractivity contribution is 0.0551. The third-order valence-corrected chi connectivity index (χ3v) is 3.46. The Morgan fingerprint density at radius 2 is 2.11 bits per heavy atom. The highest BCUT2D eigenvalue weighted by atomic mass is 32.2. The average molecular weight is 271 g/mol. The van der Waals surface area contributed by atoms with Crippen LogP contribution in [0, 0.1) is 0 Å². The van der Waals surface area contributed by atoms with Crippen LogP contribution in [-0.4, -0.2) is 36.8 Å². The Balaban J connectivity index is 2.52. The van der Waals surface area contributed by atoms with Gasteiger partial charge in [0.25, 0.3) is 0 Å². The van der Waals surface area contributed by atoms with Crippen LogP contribution in [0.4, 0.5) is 5.69 Å². The van der Waals surface area contributed by atoms with Gasteiger partial charge in [0.2, 0.25) is 0 Å². The lowest BCUT2D eigenvalue weighted by Gasteiger charge is -2.12. The monoisotopic (exact) mass is 271 g/mol. The van der Waals surface area contributed by atoms with Crippen LogP contribution < -0.4 is 10.5 Å². The Morgan fingerprint density at radius 3 is 2.78 bits per heavy atom. The molecule has 0 saturated carbocycles. The zero-order chi connectivity index (χ0) is 13.4. The number of hydrogen-bond donors (Lipinski definition) is 2. The summed E-state index contributed by atoms with van der Waals surface area (Å²) >= 11 is 1.51. The van der Waals surface area contributed by atoms with E-state index in [1.165, 1.54) is 11.8 Å². The molecule has 3 N–H and O–H groups in total. The molecule has 18 heavy (non-hydrogen) atoms. The molecule has 1 aromatic rings. The van der Waals surface area contributed by atoms with E-state index in [4.69, 9.17) is 15.2 Å². The van der Waals surface area contributed by atoms with Crippen molar-refractivity contribution in [1.29, 1.82) is 0 Å². The number of rotatable bonds is 8. The Hall–Kier alpha value is -0.910. The number of thioether (sulfide) groups is 1. The molecule has 0 aliphatic rings. The van der Waals surface area contributed by atoms with Gasteiger partial charge in [-0.15, -0.1) is 11.8 Å². The van der Waals surface area contributed by atoms with E-state index in [0.717, 1.165) is 10.6 Å². The number of nitrogen functional groups attached to an aromatic ring is 1. The summed E-state index contributed by atoms with van der Waals surface area (Å²) in [5, 5.41) is 9.69. The van der Waals surface area contributed by atoms with Crippen LogP contribution >= 0.6 is 11.8 Å². The number of anilines is 1. The Morgan fingerprint density at radius 1 is 1.33 bits per heavy atom. The molecule has 0 fully saturated rings. The van der Waals surface area contributed by atoms with Gasteiger partial charge in [-0.1, -0.05) is 0 Å². The molecule has 1 aromatic carbocycles. The van der Waals surface area contributed by atoms with E-state index in [0.29, 0.717) is 31.3 Å². The summed E-state index contributed by atoms with van der Waals surface area (Å²) in [5.74, 6) is 1.35. The summed E-state index contributed by atoms with van der Waals surface area (Å²) in [6, 6.07) is 5.57. The topological polar surface area (TPSA) is 64.7 Å². The van der Waals surface area contributed by atoms with Gasteiger partial charge in [-0.25, -0.2) is 0 Å². The molecule has 102 valence electrons. The maximum absolute atomic E-state index is 9.69. The molecule has 1 rings (SSSR count). The SMILES string of the molecule is CCOCC(O)CSc1cc(OCC)ccc1N. The predicted octanol–water partition coefficient (Wildman–Crippen LogP) is 2.16. The highest BCUT2D eigenvalue weighted by Crippen LogP contribution is 2.29. The van der Waals surface area contributed by atoms with Crippen molar-refractivity contribution in [2.75, 3.05) is 31.3 Å². The first kappa shape index (κ1) is 15.1. The number of hydrogen-bond acceptors (Lipinski definition) is 5. The summed E-state index contributed by atoms with van der Waals surface area (Å²) in [4.78, 5) is 0.927. The minimum Gasteiger partial charge on any atom is -0.494 e. The van der Waals surface area contributed by atoms with Crippen LogP contribution in [0.2, 0.25) is 0 Å². The normalized spacial score (nSPS) is 12.4. The number of aliphatic hydroxyl groups is 1. The minimum atomic E-state index is -0.481. The van der Waals surface area contributed by atoms with E-state index in [2.05, 4.69) is 0 Å². The van der Waals surface area contributed by atoms with Crippen LogP contribution in [-0.2, 0) is 4.74 Å². The highest BCUT2D eigenvalue weighted by Gasteiger charge is 2.08. The zero-order valence-electron chi connectivity index (χ0n) is 10.9. The Kier molecular flexibility index (Phi) is 6.93. The fourth-order valence-electron chi connectivity index (χ4n) is 1.38. The van der Waals surface area contributed by atoms with E-state index in [9.17, 15) is 5.11 Å². The van der Waals surface area contributed by atoms with Gasteiger partial charge in [-0.05, 0) is 32.0 Å². The van der Waals surface area contributed by atoms with E-state index < -0.39 is 6.10 Å². The van der Waals surface area contributed by atoms with Crippen molar-refractivity contribution in [2.24, 2.45) is 0 Å². The highest BCUT2D eigenvalue weighted by molar-refractivity contribution is 7.99. The maximum Gasteiger partial charge on any atom is 0.120 e. The van der Waals surface area contributed by atoms with Crippen molar-refractivity contribution < 1.29 is 14.6 Å². The van der Waals surface area contributed by atoms with Crippen molar-refractivity contribution >= 4 is 17.4 Å². The molecule has 0 saturated heterocycles. The van der Waals surface area contributed by atoms with Crippen LogP contribution in [0.5, 0.6) is 5.75 Å². The lowest BCUT2D eigenvalue weighted by Crippen LogP contribution is -2.17. The summed E-state index contributed by atoms with van der Waals surface area (Å²) < 4.78 is 10.6. The molecule has 0 aromatic heterocycles. The van der Waals surface area contributed by atoms with Gasteiger partial charge in [-0.2, -0.15) is 0 Å². The molecule has 1 atom stereocenters. The third kappa shape index (κ3) is 5.16.